The lowest BCUT2D eigenvalue weighted by molar-refractivity contribution is -0.136. The van der Waals surface area contributed by atoms with Gasteiger partial charge in [-0.25, -0.2) is 0 Å². The van der Waals surface area contributed by atoms with Crippen LogP contribution in [0.2, 0.25) is 0 Å². The van der Waals surface area contributed by atoms with Crippen molar-refractivity contribution in [2.24, 2.45) is 5.73 Å². The first-order valence-corrected chi connectivity index (χ1v) is 9.37. The second kappa shape index (κ2) is 7.42. The van der Waals surface area contributed by atoms with Gasteiger partial charge in [0.25, 0.3) is 11.8 Å². The molecule has 3 aliphatic rings. The maximum absolute atomic E-state index is 13.1. The fourth-order valence-electron chi connectivity index (χ4n) is 4.02. The second-order valence-corrected chi connectivity index (χ2v) is 7.25. The lowest BCUT2D eigenvalue weighted by Crippen LogP contribution is -2.54. The molecule has 2 fully saturated rings. The number of fused-ring (bicyclic) bond motifs is 1. The first-order chi connectivity index (χ1) is 13.5. The SMILES string of the molecule is NC[C@@H]1CN(Cc2cccc3c2C(=O)N(C2CCC(=O)NC2=O)C3=O)CCO1. The zero-order chi connectivity index (χ0) is 19.8. The molecule has 0 spiro atoms. The number of carbonyl (C=O) groups excluding carboxylic acids is 4. The Labute approximate surface area is 161 Å². The van der Waals surface area contributed by atoms with Gasteiger partial charge in [-0.3, -0.25) is 34.3 Å². The first kappa shape index (κ1) is 18.7. The monoisotopic (exact) mass is 386 g/mol. The third-order valence-corrected chi connectivity index (χ3v) is 5.43. The Morgan fingerprint density at radius 2 is 2.00 bits per heavy atom. The fraction of sp³-hybridized carbons (Fsp3) is 0.474. The Bertz CT molecular complexity index is 855. The van der Waals surface area contributed by atoms with Gasteiger partial charge in [0.2, 0.25) is 11.8 Å². The van der Waals surface area contributed by atoms with Crippen molar-refractivity contribution in [2.45, 2.75) is 31.5 Å². The van der Waals surface area contributed by atoms with E-state index in [9.17, 15) is 19.2 Å². The zero-order valence-electron chi connectivity index (χ0n) is 15.3. The molecule has 9 nitrogen and oxygen atoms in total. The summed E-state index contributed by atoms with van der Waals surface area (Å²) < 4.78 is 5.57. The van der Waals surface area contributed by atoms with E-state index in [1.165, 1.54) is 0 Å². The average molecular weight is 386 g/mol. The molecular weight excluding hydrogens is 364 g/mol. The highest BCUT2D eigenvalue weighted by Gasteiger charge is 2.45. The number of hydrogen-bond acceptors (Lipinski definition) is 7. The van der Waals surface area contributed by atoms with Gasteiger partial charge in [-0.1, -0.05) is 12.1 Å². The lowest BCUT2D eigenvalue weighted by Gasteiger charge is -2.32. The van der Waals surface area contributed by atoms with E-state index in [0.29, 0.717) is 43.9 Å². The smallest absolute Gasteiger partial charge is 0.262 e. The summed E-state index contributed by atoms with van der Waals surface area (Å²) in [6.45, 7) is 2.83. The Kier molecular flexibility index (Phi) is 4.96. The largest absolute Gasteiger partial charge is 0.374 e. The molecule has 4 rings (SSSR count). The van der Waals surface area contributed by atoms with Crippen molar-refractivity contribution in [3.63, 3.8) is 0 Å². The van der Waals surface area contributed by atoms with Gasteiger partial charge in [0.05, 0.1) is 23.8 Å². The molecule has 148 valence electrons. The van der Waals surface area contributed by atoms with E-state index in [1.807, 2.05) is 6.07 Å². The third-order valence-electron chi connectivity index (χ3n) is 5.43. The Balaban J connectivity index is 1.59. The number of benzene rings is 1. The predicted octanol–water partition coefficient (Wildman–Crippen LogP) is -0.753. The van der Waals surface area contributed by atoms with Crippen LogP contribution in [0.25, 0.3) is 0 Å². The van der Waals surface area contributed by atoms with Crippen molar-refractivity contribution in [1.82, 2.24) is 15.1 Å². The summed E-state index contributed by atoms with van der Waals surface area (Å²) in [5.41, 5.74) is 7.08. The third kappa shape index (κ3) is 3.21. The van der Waals surface area contributed by atoms with Crippen LogP contribution in [0.15, 0.2) is 18.2 Å². The topological polar surface area (TPSA) is 122 Å². The summed E-state index contributed by atoms with van der Waals surface area (Å²) in [6, 6.07) is 4.22. The highest BCUT2D eigenvalue weighted by atomic mass is 16.5. The molecule has 0 aromatic heterocycles. The van der Waals surface area contributed by atoms with Gasteiger partial charge in [0.1, 0.15) is 6.04 Å². The van der Waals surface area contributed by atoms with Crippen LogP contribution in [0.4, 0.5) is 0 Å². The average Bonchev–Trinajstić information content (AvgIpc) is 2.94. The van der Waals surface area contributed by atoms with Crippen LogP contribution >= 0.6 is 0 Å². The van der Waals surface area contributed by atoms with Crippen LogP contribution in [0.3, 0.4) is 0 Å². The van der Waals surface area contributed by atoms with Crippen molar-refractivity contribution >= 4 is 23.6 Å². The molecule has 0 aliphatic carbocycles. The van der Waals surface area contributed by atoms with Crippen molar-refractivity contribution in [3.8, 4) is 0 Å². The van der Waals surface area contributed by atoms with Crippen molar-refractivity contribution in [1.29, 1.82) is 0 Å². The number of nitrogens with two attached hydrogens (primary N) is 1. The molecule has 0 radical (unpaired) electrons. The van der Waals surface area contributed by atoms with Crippen molar-refractivity contribution < 1.29 is 23.9 Å². The summed E-state index contributed by atoms with van der Waals surface area (Å²) in [7, 11) is 0. The fourth-order valence-corrected chi connectivity index (χ4v) is 4.02. The highest BCUT2D eigenvalue weighted by molar-refractivity contribution is 6.24. The molecule has 1 aromatic carbocycles. The molecule has 1 unspecified atom stereocenters. The quantitative estimate of drug-likeness (QED) is 0.653. The minimum atomic E-state index is -0.956. The summed E-state index contributed by atoms with van der Waals surface area (Å²) in [4.78, 5) is 52.7. The predicted molar refractivity (Wildman–Crippen MR) is 97.2 cm³/mol. The van der Waals surface area contributed by atoms with Crippen molar-refractivity contribution in [3.05, 3.63) is 34.9 Å². The number of nitrogens with one attached hydrogen (secondary N) is 1. The molecule has 3 heterocycles. The second-order valence-electron chi connectivity index (χ2n) is 7.25. The van der Waals surface area contributed by atoms with E-state index < -0.39 is 23.8 Å². The molecule has 3 N–H and O–H groups in total. The van der Waals surface area contributed by atoms with Crippen LogP contribution in [0, 0.1) is 0 Å². The van der Waals surface area contributed by atoms with Crippen LogP contribution < -0.4 is 11.1 Å². The molecule has 3 aliphatic heterocycles. The Hall–Kier alpha value is -2.62. The molecule has 0 saturated carbocycles. The van der Waals surface area contributed by atoms with E-state index in [2.05, 4.69) is 10.2 Å². The van der Waals surface area contributed by atoms with Gasteiger partial charge in [0, 0.05) is 32.6 Å². The van der Waals surface area contributed by atoms with Gasteiger partial charge in [-0.2, -0.15) is 0 Å². The summed E-state index contributed by atoms with van der Waals surface area (Å²) >= 11 is 0. The molecule has 28 heavy (non-hydrogen) atoms. The van der Waals surface area contributed by atoms with Gasteiger partial charge < -0.3 is 10.5 Å². The number of carbonyl (C=O) groups is 4. The standard InChI is InChI=1S/C19H22N4O5/c20-8-12-10-22(6-7-28-12)9-11-2-1-3-13-16(11)19(27)23(18(13)26)14-4-5-15(24)21-17(14)25/h1-3,12,14H,4-10,20H2,(H,21,24,25)/t12-,14?/m1/s1. The number of amides is 4. The number of rotatable bonds is 4. The minimum Gasteiger partial charge on any atom is -0.374 e. The zero-order valence-corrected chi connectivity index (χ0v) is 15.3. The van der Waals surface area contributed by atoms with Crippen LogP contribution in [0.1, 0.15) is 39.1 Å². The maximum atomic E-state index is 13.1. The molecule has 4 amide bonds. The van der Waals surface area contributed by atoms with E-state index >= 15 is 0 Å². The normalized spacial score (nSPS) is 25.8. The number of imide groups is 2. The van der Waals surface area contributed by atoms with E-state index in [-0.39, 0.29) is 24.9 Å². The molecule has 0 bridgehead atoms. The molecule has 2 saturated heterocycles. The molecule has 1 aromatic rings. The van der Waals surface area contributed by atoms with Gasteiger partial charge in [-0.15, -0.1) is 0 Å². The van der Waals surface area contributed by atoms with Gasteiger partial charge in [0.15, 0.2) is 0 Å². The Morgan fingerprint density at radius 3 is 2.75 bits per heavy atom. The first-order valence-electron chi connectivity index (χ1n) is 9.37. The van der Waals surface area contributed by atoms with Crippen LogP contribution in [-0.2, 0) is 20.9 Å². The number of ether oxygens (including phenoxy) is 1. The van der Waals surface area contributed by atoms with Crippen LogP contribution in [0.5, 0.6) is 0 Å². The molecule has 2 atom stereocenters. The maximum Gasteiger partial charge on any atom is 0.262 e. The van der Waals surface area contributed by atoms with Crippen LogP contribution in [-0.4, -0.2) is 71.8 Å². The number of piperidine rings is 1. The highest BCUT2D eigenvalue weighted by Crippen LogP contribution is 2.30. The lowest BCUT2D eigenvalue weighted by atomic mass is 10.0. The number of hydrogen-bond donors (Lipinski definition) is 2. The number of morpholine rings is 1. The Morgan fingerprint density at radius 1 is 1.18 bits per heavy atom. The summed E-state index contributed by atoms with van der Waals surface area (Å²) in [6.07, 6.45) is 0.195. The summed E-state index contributed by atoms with van der Waals surface area (Å²) in [5.74, 6) is -1.96. The van der Waals surface area contributed by atoms with E-state index in [1.54, 1.807) is 12.1 Å². The van der Waals surface area contributed by atoms with E-state index in [4.69, 9.17) is 10.5 Å². The number of nitrogens with zero attached hydrogens (tertiary/aromatic N) is 2. The van der Waals surface area contributed by atoms with Gasteiger partial charge >= 0.3 is 0 Å². The molecule has 9 heteroatoms. The summed E-state index contributed by atoms with van der Waals surface area (Å²) in [5, 5.41) is 2.21. The van der Waals surface area contributed by atoms with Crippen molar-refractivity contribution in [2.75, 3.05) is 26.2 Å². The van der Waals surface area contributed by atoms with E-state index in [0.717, 1.165) is 10.5 Å². The molecular formula is C19H22N4O5. The van der Waals surface area contributed by atoms with Gasteiger partial charge in [-0.05, 0) is 18.1 Å². The minimum absolute atomic E-state index is 0.0529.